The predicted molar refractivity (Wildman–Crippen MR) is 365 cm³/mol. The molecule has 85 heavy (non-hydrogen) atoms. The van der Waals surface area contributed by atoms with Crippen molar-refractivity contribution in [2.75, 3.05) is 42.4 Å². The number of amides is 6. The van der Waals surface area contributed by atoms with Crippen molar-refractivity contribution in [2.45, 2.75) is 257 Å². The lowest BCUT2D eigenvalue weighted by Gasteiger charge is -2.16. The molecule has 0 rings (SSSR count). The molecule has 492 valence electrons. The Kier molecular flexibility index (Phi) is 67.4. The highest BCUT2D eigenvalue weighted by molar-refractivity contribution is 8.77. The lowest BCUT2D eigenvalue weighted by Crippen LogP contribution is -2.34. The van der Waals surface area contributed by atoms with Crippen LogP contribution in [-0.4, -0.2) is 124 Å². The number of hydrogen-bond acceptors (Lipinski definition) is 12. The van der Waals surface area contributed by atoms with E-state index in [2.05, 4.69) is 80.5 Å². The highest BCUT2D eigenvalue weighted by Crippen LogP contribution is 2.25. The summed E-state index contributed by atoms with van der Waals surface area (Å²) in [6, 6.07) is -0.0960. The van der Waals surface area contributed by atoms with Crippen molar-refractivity contribution in [1.29, 1.82) is 0 Å². The number of halogens is 2. The van der Waals surface area contributed by atoms with Crippen LogP contribution in [0, 0.1) is 0 Å². The summed E-state index contributed by atoms with van der Waals surface area (Å²) in [5, 5.41) is 34.9. The third-order valence-electron chi connectivity index (χ3n) is 12.8. The number of carbonyl (C=O) groups is 8. The molecule has 0 heterocycles. The van der Waals surface area contributed by atoms with Crippen LogP contribution in [-0.2, 0) is 38.4 Å². The first-order chi connectivity index (χ1) is 40.9. The van der Waals surface area contributed by atoms with Crippen LogP contribution in [0.4, 0.5) is 0 Å². The van der Waals surface area contributed by atoms with Crippen molar-refractivity contribution in [3.05, 3.63) is 48.6 Å². The van der Waals surface area contributed by atoms with Crippen LogP contribution in [0.15, 0.2) is 48.6 Å². The molecule has 6 amide bonds. The smallest absolute Gasteiger partial charge is 0.303 e. The van der Waals surface area contributed by atoms with Gasteiger partial charge in [0.2, 0.25) is 35.4 Å². The van der Waals surface area contributed by atoms with E-state index in [-0.39, 0.29) is 77.8 Å². The fraction of sp³-hybridized carbons (Fsp3) is 0.746. The standard InChI is InChI=1S/C32H58N4O4S2.C30H52N2O6S2.CH2Cl2/c1-27(37)35-29(21-17-13-9-5-7-11-15-19-23-31(39)33-3)25-41-42-26-30(36-28(2)38)22-18-14-10-6-8-12-16-20-24-32(40)34-4;1-25(33)31-27(19-15-11-7-3-5-9-13-17-21-29(35)36)23-39-40-24-28(32-26(2)34)20-16-12-8-4-6-10-14-18-22-30(37)38;2-1-3/h17-18,21-22,29-30H,5-16,19-20,23-26H2,1-4H3,(H,33,39)(H,34,40)(H,35,37)(H,36,38);15-16,19-20,27-28H,3-14,17-18,21-24H2,1-2H3,(H,31,33)(H,32,34)(H,35,36)(H,37,38);1H2/b21-17+,22-18+;19-15+,20-16+;/t29-,30-;27-,28-;/m11./s1. The molecule has 0 aromatic rings. The van der Waals surface area contributed by atoms with Gasteiger partial charge in [0.25, 0.3) is 0 Å². The molecule has 0 spiro atoms. The SMILES string of the molecule is CC(=O)N[C@H](/C=C/CCCCCCCCC(=O)O)CSSC[C@@H](/C=C/CCCCCCCCC(=O)O)NC(C)=O.CNC(=O)CCCCCCCC/C=C/[C@H](CSSC[C@@H](/C=C/CCCCCCCCC(=O)NC)NC(C)=O)NC(C)=O.ClCCl. The Hall–Kier alpha value is -3.30. The predicted octanol–water partition coefficient (Wildman–Crippen LogP) is 14.5. The fourth-order valence-corrected chi connectivity index (χ4v) is 13.1. The Morgan fingerprint density at radius 3 is 0.718 bits per heavy atom. The van der Waals surface area contributed by atoms with E-state index >= 15 is 0 Å². The van der Waals surface area contributed by atoms with Crippen molar-refractivity contribution in [3.63, 3.8) is 0 Å². The molecule has 4 atom stereocenters. The Morgan fingerprint density at radius 2 is 0.529 bits per heavy atom. The lowest BCUT2D eigenvalue weighted by atomic mass is 10.1. The molecule has 0 unspecified atom stereocenters. The molecule has 0 saturated heterocycles. The van der Waals surface area contributed by atoms with Crippen molar-refractivity contribution in [1.82, 2.24) is 31.9 Å². The van der Waals surface area contributed by atoms with Crippen molar-refractivity contribution < 1.29 is 48.6 Å². The fourth-order valence-electron chi connectivity index (χ4n) is 8.40. The average Bonchev–Trinajstić information content (AvgIpc) is 3.44. The minimum absolute atomic E-state index is 0.0109. The molecule has 0 saturated carbocycles. The number of nitrogens with one attached hydrogen (secondary N) is 6. The van der Waals surface area contributed by atoms with Gasteiger partial charge in [-0.15, -0.1) is 23.2 Å². The maximum atomic E-state index is 11.7. The quantitative estimate of drug-likeness (QED) is 0.0122. The van der Waals surface area contributed by atoms with Gasteiger partial charge in [0.15, 0.2) is 0 Å². The van der Waals surface area contributed by atoms with Gasteiger partial charge in [-0.05, 0) is 77.0 Å². The number of hydrogen-bond donors (Lipinski definition) is 8. The summed E-state index contributed by atoms with van der Waals surface area (Å²) in [6.45, 7) is 6.15. The molecule has 0 aliphatic heterocycles. The normalized spacial score (nSPS) is 12.6. The van der Waals surface area contributed by atoms with Crippen molar-refractivity contribution >= 4 is 114 Å². The number of carboxylic acid groups (broad SMARTS) is 2. The number of alkyl halides is 2. The van der Waals surface area contributed by atoms with E-state index < -0.39 is 11.9 Å². The highest BCUT2D eigenvalue weighted by Gasteiger charge is 2.12. The molecule has 8 N–H and O–H groups in total. The van der Waals surface area contributed by atoms with Gasteiger partial charge in [0.1, 0.15) is 0 Å². The van der Waals surface area contributed by atoms with E-state index in [4.69, 9.17) is 33.4 Å². The van der Waals surface area contributed by atoms with Gasteiger partial charge in [0.05, 0.1) is 29.5 Å². The third-order valence-corrected chi connectivity index (χ3v) is 17.8. The highest BCUT2D eigenvalue weighted by atomic mass is 35.5. The van der Waals surface area contributed by atoms with Gasteiger partial charge in [-0.1, -0.05) is 195 Å². The molecule has 22 heteroatoms. The number of carboxylic acids is 2. The first-order valence-corrected chi connectivity index (χ1v) is 37.1. The summed E-state index contributed by atoms with van der Waals surface area (Å²) in [7, 11) is 10.2. The van der Waals surface area contributed by atoms with Gasteiger partial charge in [-0.25, -0.2) is 0 Å². The third kappa shape index (κ3) is 73.1. The van der Waals surface area contributed by atoms with Crippen LogP contribution in [0.1, 0.15) is 233 Å². The Bertz CT molecular complexity index is 1710. The van der Waals surface area contributed by atoms with Crippen LogP contribution < -0.4 is 31.9 Å². The van der Waals surface area contributed by atoms with Crippen LogP contribution in [0.2, 0.25) is 0 Å². The molecule has 0 aliphatic rings. The Balaban J connectivity index is -0.00000151. The second kappa shape index (κ2) is 66.6. The Morgan fingerprint density at radius 1 is 0.341 bits per heavy atom. The number of rotatable bonds is 54. The molecule has 16 nitrogen and oxygen atoms in total. The van der Waals surface area contributed by atoms with E-state index in [1.54, 1.807) is 71.1 Å². The summed E-state index contributed by atoms with van der Waals surface area (Å²) in [6.07, 6.45) is 48.3. The maximum absolute atomic E-state index is 11.7. The zero-order valence-corrected chi connectivity index (χ0v) is 57.4. The number of aliphatic carboxylic acids is 2. The molecular weight excluding hydrogens is 1200 g/mol. The van der Waals surface area contributed by atoms with Gasteiger partial charge in [0, 0.05) is 90.5 Å². The van der Waals surface area contributed by atoms with Crippen molar-refractivity contribution in [3.8, 4) is 0 Å². The first kappa shape index (κ1) is 85.9. The first-order valence-electron chi connectivity index (χ1n) is 31.1. The Labute approximate surface area is 539 Å². The van der Waals surface area contributed by atoms with Gasteiger partial charge < -0.3 is 42.1 Å². The second-order valence-corrected chi connectivity index (χ2v) is 26.9. The van der Waals surface area contributed by atoms with E-state index in [0.29, 0.717) is 12.8 Å². The van der Waals surface area contributed by atoms with Crippen LogP contribution in [0.5, 0.6) is 0 Å². The molecule has 0 fully saturated rings. The number of allylic oxidation sites excluding steroid dienone is 4. The molecular formula is C63H112Cl2N6O10S4. The van der Waals surface area contributed by atoms with Crippen LogP contribution in [0.25, 0.3) is 0 Å². The molecule has 0 aromatic carbocycles. The van der Waals surface area contributed by atoms with Gasteiger partial charge in [-0.3, -0.25) is 38.4 Å². The van der Waals surface area contributed by atoms with E-state index in [1.807, 2.05) is 0 Å². The van der Waals surface area contributed by atoms with Gasteiger partial charge >= 0.3 is 11.9 Å². The van der Waals surface area contributed by atoms with E-state index in [0.717, 1.165) is 164 Å². The van der Waals surface area contributed by atoms with Crippen molar-refractivity contribution in [2.24, 2.45) is 0 Å². The summed E-state index contributed by atoms with van der Waals surface area (Å²) in [4.78, 5) is 90.1. The average molecular weight is 1310 g/mol. The number of carbonyl (C=O) groups excluding carboxylic acids is 6. The van der Waals surface area contributed by atoms with Gasteiger partial charge in [-0.2, -0.15) is 0 Å². The summed E-state index contributed by atoms with van der Waals surface area (Å²) < 4.78 is 0. The second-order valence-electron chi connectivity index (χ2n) is 21.0. The largest absolute Gasteiger partial charge is 0.481 e. The van der Waals surface area contributed by atoms with E-state index in [1.165, 1.54) is 52.4 Å². The lowest BCUT2D eigenvalue weighted by molar-refractivity contribution is -0.138. The zero-order chi connectivity index (χ0) is 63.8. The summed E-state index contributed by atoms with van der Waals surface area (Å²) in [5.74, 6) is 1.65. The summed E-state index contributed by atoms with van der Waals surface area (Å²) in [5.41, 5.74) is 0. The molecule has 0 aliphatic carbocycles. The minimum Gasteiger partial charge on any atom is -0.481 e. The summed E-state index contributed by atoms with van der Waals surface area (Å²) >= 11 is 9.53. The maximum Gasteiger partial charge on any atom is 0.303 e. The molecule has 0 bridgehead atoms. The monoisotopic (exact) mass is 1310 g/mol. The van der Waals surface area contributed by atoms with Crippen LogP contribution in [0.3, 0.4) is 0 Å². The molecule has 0 aromatic heterocycles. The topological polar surface area (TPSA) is 249 Å². The van der Waals surface area contributed by atoms with Crippen LogP contribution >= 0.6 is 66.4 Å². The zero-order valence-electron chi connectivity index (χ0n) is 52.6. The minimum atomic E-state index is -0.720. The number of unbranched alkanes of at least 4 members (excludes halogenated alkanes) is 24. The van der Waals surface area contributed by atoms with E-state index in [9.17, 15) is 38.4 Å². The molecule has 0 radical (unpaired) electrons.